The Labute approximate surface area is 92.8 Å². The quantitative estimate of drug-likeness (QED) is 0.363. The largest absolute Gasteiger partial charge is 0.478 e. The summed E-state index contributed by atoms with van der Waals surface area (Å²) >= 11 is 0. The van der Waals surface area contributed by atoms with Crippen LogP contribution in [0.2, 0.25) is 0 Å². The third-order valence-corrected chi connectivity index (χ3v) is 1.54. The first-order valence-electron chi connectivity index (χ1n) is 4.64. The van der Waals surface area contributed by atoms with Crippen LogP contribution >= 0.6 is 0 Å². The number of carboxylic acid groups (broad SMARTS) is 1. The van der Waals surface area contributed by atoms with Crippen LogP contribution in [0.4, 0.5) is 0 Å². The number of carbonyl (C=O) groups excluding carboxylic acids is 2. The Bertz CT molecular complexity index is 281. The van der Waals surface area contributed by atoms with Crippen LogP contribution in [0.5, 0.6) is 0 Å². The van der Waals surface area contributed by atoms with E-state index in [1.54, 1.807) is 0 Å². The molecule has 6 heteroatoms. The number of rotatable bonds is 8. The molecule has 0 unspecified atom stereocenters. The maximum absolute atomic E-state index is 11.1. The van der Waals surface area contributed by atoms with E-state index < -0.39 is 11.9 Å². The summed E-state index contributed by atoms with van der Waals surface area (Å²) in [6.45, 7) is 0.130. The Morgan fingerprint density at radius 2 is 1.94 bits per heavy atom. The molecule has 1 N–H and O–H groups in total. The minimum Gasteiger partial charge on any atom is -0.478 e. The molecular weight excluding hydrogens is 216 g/mol. The molecule has 0 saturated carbocycles. The molecule has 0 bridgehead atoms. The van der Waals surface area contributed by atoms with E-state index >= 15 is 0 Å². The lowest BCUT2D eigenvalue weighted by Crippen LogP contribution is -2.13. The number of aliphatic carboxylic acids is 1. The van der Waals surface area contributed by atoms with E-state index in [9.17, 15) is 14.4 Å². The molecule has 0 aromatic rings. The maximum atomic E-state index is 11.1. The van der Waals surface area contributed by atoms with E-state index in [-0.39, 0.29) is 18.8 Å². The summed E-state index contributed by atoms with van der Waals surface area (Å²) in [7, 11) is 1.53. The highest BCUT2D eigenvalue weighted by Crippen LogP contribution is 1.93. The average molecular weight is 230 g/mol. The number of hydrogen-bond donors (Lipinski definition) is 1. The van der Waals surface area contributed by atoms with Crippen molar-refractivity contribution >= 4 is 17.7 Å². The second-order valence-electron chi connectivity index (χ2n) is 2.91. The molecule has 0 amide bonds. The van der Waals surface area contributed by atoms with E-state index in [0.29, 0.717) is 19.1 Å². The summed E-state index contributed by atoms with van der Waals surface area (Å²) in [5.41, 5.74) is 0. The smallest absolute Gasteiger partial charge is 0.331 e. The Kier molecular flexibility index (Phi) is 7.70. The molecular formula is C10H14O6. The topological polar surface area (TPSA) is 89.9 Å². The first-order valence-corrected chi connectivity index (χ1v) is 4.64. The van der Waals surface area contributed by atoms with Crippen LogP contribution in [0.1, 0.15) is 12.8 Å². The first-order chi connectivity index (χ1) is 7.56. The van der Waals surface area contributed by atoms with Crippen molar-refractivity contribution in [2.45, 2.75) is 12.8 Å². The highest BCUT2D eigenvalue weighted by molar-refractivity contribution is 5.92. The predicted molar refractivity (Wildman–Crippen MR) is 53.9 cm³/mol. The summed E-state index contributed by atoms with van der Waals surface area (Å²) in [5, 5.41) is 8.21. The third kappa shape index (κ3) is 8.89. The van der Waals surface area contributed by atoms with Gasteiger partial charge in [0.05, 0.1) is 0 Å². The van der Waals surface area contributed by atoms with Crippen LogP contribution in [-0.4, -0.2) is 43.2 Å². The van der Waals surface area contributed by atoms with Crippen molar-refractivity contribution in [2.75, 3.05) is 20.3 Å². The van der Waals surface area contributed by atoms with Crippen LogP contribution < -0.4 is 0 Å². The fourth-order valence-electron chi connectivity index (χ4n) is 0.825. The summed E-state index contributed by atoms with van der Waals surface area (Å²) in [6.07, 6.45) is 2.24. The van der Waals surface area contributed by atoms with Gasteiger partial charge in [-0.05, 0) is 6.42 Å². The lowest BCUT2D eigenvalue weighted by molar-refractivity contribution is -0.143. The fourth-order valence-corrected chi connectivity index (χ4v) is 0.825. The zero-order valence-corrected chi connectivity index (χ0v) is 8.97. The van der Waals surface area contributed by atoms with Gasteiger partial charge in [-0.2, -0.15) is 0 Å². The van der Waals surface area contributed by atoms with Gasteiger partial charge in [0.25, 0.3) is 0 Å². The van der Waals surface area contributed by atoms with Gasteiger partial charge in [-0.3, -0.25) is 4.79 Å². The van der Waals surface area contributed by atoms with Crippen LogP contribution in [0.25, 0.3) is 0 Å². The molecule has 0 atom stereocenters. The third-order valence-electron chi connectivity index (χ3n) is 1.54. The molecule has 6 nitrogen and oxygen atoms in total. The van der Waals surface area contributed by atoms with E-state index in [0.717, 1.165) is 6.08 Å². The molecule has 0 aromatic heterocycles. The summed E-state index contributed by atoms with van der Waals surface area (Å²) in [4.78, 5) is 32.0. The maximum Gasteiger partial charge on any atom is 0.331 e. The number of carbonyl (C=O) groups is 3. The molecule has 0 saturated heterocycles. The van der Waals surface area contributed by atoms with Gasteiger partial charge in [-0.25, -0.2) is 9.59 Å². The van der Waals surface area contributed by atoms with Gasteiger partial charge in [0.2, 0.25) is 0 Å². The van der Waals surface area contributed by atoms with Crippen molar-refractivity contribution in [1.82, 2.24) is 0 Å². The van der Waals surface area contributed by atoms with Gasteiger partial charge in [-0.1, -0.05) is 0 Å². The molecule has 0 aliphatic heterocycles. The Morgan fingerprint density at radius 3 is 2.50 bits per heavy atom. The number of Topliss-reactive ketones (excluding diaryl/α,β-unsaturated/α-hetero) is 1. The van der Waals surface area contributed by atoms with Crippen molar-refractivity contribution in [3.8, 4) is 0 Å². The summed E-state index contributed by atoms with van der Waals surface area (Å²) in [6, 6.07) is 0. The van der Waals surface area contributed by atoms with E-state index in [4.69, 9.17) is 9.84 Å². The van der Waals surface area contributed by atoms with E-state index in [2.05, 4.69) is 4.74 Å². The predicted octanol–water partition coefficient (Wildman–Crippen LogP) is 0.166. The highest BCUT2D eigenvalue weighted by atomic mass is 16.5. The first kappa shape index (κ1) is 14.3. The van der Waals surface area contributed by atoms with Crippen molar-refractivity contribution < 1.29 is 29.0 Å². The number of methoxy groups -OCH3 is 1. The van der Waals surface area contributed by atoms with Gasteiger partial charge in [-0.15, -0.1) is 0 Å². The molecule has 0 radical (unpaired) electrons. The van der Waals surface area contributed by atoms with E-state index in [1.165, 1.54) is 7.11 Å². The fraction of sp³-hybridized carbons (Fsp3) is 0.500. The van der Waals surface area contributed by atoms with Gasteiger partial charge >= 0.3 is 11.9 Å². The molecule has 0 aliphatic carbocycles. The number of esters is 1. The zero-order chi connectivity index (χ0) is 12.4. The SMILES string of the molecule is COCCCC(=O)COC(=O)/C=C/C(=O)O. The highest BCUT2D eigenvalue weighted by Gasteiger charge is 2.05. The standard InChI is InChI=1S/C10H14O6/c1-15-6-2-3-8(11)7-16-10(14)5-4-9(12)13/h4-5H,2-3,6-7H2,1H3,(H,12,13)/b5-4+. The zero-order valence-electron chi connectivity index (χ0n) is 8.97. The van der Waals surface area contributed by atoms with Crippen LogP contribution in [-0.2, 0) is 23.9 Å². The molecule has 0 rings (SSSR count). The number of ether oxygens (including phenoxy) is 2. The molecule has 0 heterocycles. The Hall–Kier alpha value is -1.69. The van der Waals surface area contributed by atoms with Crippen LogP contribution in [0, 0.1) is 0 Å². The van der Waals surface area contributed by atoms with Crippen LogP contribution in [0.3, 0.4) is 0 Å². The van der Waals surface area contributed by atoms with Gasteiger partial charge in [0.1, 0.15) is 6.61 Å². The van der Waals surface area contributed by atoms with Crippen molar-refractivity contribution in [3.05, 3.63) is 12.2 Å². The summed E-state index contributed by atoms with van der Waals surface area (Å²) < 4.78 is 9.25. The molecule has 90 valence electrons. The van der Waals surface area contributed by atoms with Crippen molar-refractivity contribution in [1.29, 1.82) is 0 Å². The average Bonchev–Trinajstić information content (AvgIpc) is 2.24. The van der Waals surface area contributed by atoms with Gasteiger partial charge in [0, 0.05) is 32.3 Å². The lowest BCUT2D eigenvalue weighted by atomic mass is 10.2. The molecule has 16 heavy (non-hydrogen) atoms. The Morgan fingerprint density at radius 1 is 1.25 bits per heavy atom. The second kappa shape index (κ2) is 8.60. The lowest BCUT2D eigenvalue weighted by Gasteiger charge is -2.01. The van der Waals surface area contributed by atoms with Crippen LogP contribution in [0.15, 0.2) is 12.2 Å². The van der Waals surface area contributed by atoms with Crippen molar-refractivity contribution in [2.24, 2.45) is 0 Å². The second-order valence-corrected chi connectivity index (χ2v) is 2.91. The monoisotopic (exact) mass is 230 g/mol. The van der Waals surface area contributed by atoms with Gasteiger partial charge < -0.3 is 14.6 Å². The molecule has 0 aliphatic rings. The molecule has 0 fully saturated rings. The minimum absolute atomic E-state index is 0.228. The normalized spacial score (nSPS) is 10.3. The minimum atomic E-state index is -1.25. The molecule has 0 aromatic carbocycles. The number of hydrogen-bond acceptors (Lipinski definition) is 5. The number of ketones is 1. The van der Waals surface area contributed by atoms with E-state index in [1.807, 2.05) is 0 Å². The Balaban J connectivity index is 3.67. The number of carboxylic acids is 1. The van der Waals surface area contributed by atoms with Crippen molar-refractivity contribution in [3.63, 3.8) is 0 Å². The summed E-state index contributed by atoms with van der Waals surface area (Å²) in [5.74, 6) is -2.32. The van der Waals surface area contributed by atoms with Gasteiger partial charge in [0.15, 0.2) is 5.78 Å². The molecule has 0 spiro atoms.